The van der Waals surface area contributed by atoms with Gasteiger partial charge in [0.1, 0.15) is 0 Å². The Labute approximate surface area is 145 Å². The predicted molar refractivity (Wildman–Crippen MR) is 90.2 cm³/mol. The molecule has 7 heteroatoms. The van der Waals surface area contributed by atoms with Gasteiger partial charge in [0.15, 0.2) is 0 Å². The van der Waals surface area contributed by atoms with Crippen molar-refractivity contribution in [1.29, 1.82) is 0 Å². The topological polar surface area (TPSA) is 64.0 Å². The van der Waals surface area contributed by atoms with Crippen LogP contribution >= 0.6 is 0 Å². The van der Waals surface area contributed by atoms with Crippen molar-refractivity contribution in [2.75, 3.05) is 11.9 Å². The molecule has 0 bridgehead atoms. The maximum absolute atomic E-state index is 13.1. The molecule has 0 unspecified atom stereocenters. The quantitative estimate of drug-likeness (QED) is 0.466. The Morgan fingerprint density at radius 1 is 1.08 bits per heavy atom. The molecule has 2 aromatic rings. The number of aromatic hydroxyl groups is 2. The van der Waals surface area contributed by atoms with E-state index in [-0.39, 0.29) is 23.2 Å². The van der Waals surface area contributed by atoms with E-state index in [0.717, 1.165) is 0 Å². The fraction of sp³-hybridized carbons (Fsp3) is 0.0588. The summed E-state index contributed by atoms with van der Waals surface area (Å²) < 4.78 is 13.7. The molecule has 0 saturated carbocycles. The molecule has 1 aliphatic heterocycles. The SMILES string of the molecule is CN1C(=[Se])N(c2ccc(F)cc2)C(=O)C1=Cc1ccc(O)c(O)c1. The summed E-state index contributed by atoms with van der Waals surface area (Å²) in [6.07, 6.45) is 1.60. The first-order valence-electron chi connectivity index (χ1n) is 7.00. The number of rotatable bonds is 2. The monoisotopic (exact) mass is 392 g/mol. The van der Waals surface area contributed by atoms with E-state index < -0.39 is 0 Å². The van der Waals surface area contributed by atoms with E-state index >= 15 is 0 Å². The zero-order valence-corrected chi connectivity index (χ0v) is 14.3. The molecule has 122 valence electrons. The third-order valence-electron chi connectivity index (χ3n) is 3.65. The van der Waals surface area contributed by atoms with Gasteiger partial charge in [-0.25, -0.2) is 0 Å². The fourth-order valence-electron chi connectivity index (χ4n) is 2.36. The molecular formula is C17H13FN2O3Se. The summed E-state index contributed by atoms with van der Waals surface area (Å²) in [5.41, 5.74) is 1.48. The van der Waals surface area contributed by atoms with Gasteiger partial charge >= 0.3 is 145 Å². The third-order valence-corrected chi connectivity index (χ3v) is 4.61. The zero-order valence-electron chi connectivity index (χ0n) is 12.6. The van der Waals surface area contributed by atoms with Gasteiger partial charge in [-0.2, -0.15) is 0 Å². The van der Waals surface area contributed by atoms with Crippen LogP contribution in [0.3, 0.4) is 0 Å². The molecule has 3 rings (SSSR count). The maximum atomic E-state index is 13.1. The van der Waals surface area contributed by atoms with Gasteiger partial charge in [0, 0.05) is 0 Å². The second-order valence-corrected chi connectivity index (χ2v) is 6.00. The first kappa shape index (κ1) is 16.2. The van der Waals surface area contributed by atoms with Gasteiger partial charge in [-0.3, -0.25) is 0 Å². The second kappa shape index (κ2) is 6.11. The Morgan fingerprint density at radius 3 is 2.38 bits per heavy atom. The molecule has 1 saturated heterocycles. The van der Waals surface area contributed by atoms with Crippen LogP contribution in [0.2, 0.25) is 0 Å². The van der Waals surface area contributed by atoms with Crippen LogP contribution in [0.1, 0.15) is 5.56 Å². The Bertz CT molecular complexity index is 865. The number of amides is 1. The number of hydrogen-bond donors (Lipinski definition) is 2. The number of benzene rings is 2. The second-order valence-electron chi connectivity index (χ2n) is 5.24. The predicted octanol–water partition coefficient (Wildman–Crippen LogP) is 1.81. The first-order chi connectivity index (χ1) is 11.4. The molecule has 1 aliphatic rings. The molecule has 2 aromatic carbocycles. The molecule has 24 heavy (non-hydrogen) atoms. The summed E-state index contributed by atoms with van der Waals surface area (Å²) in [7, 11) is 1.72. The average molecular weight is 391 g/mol. The zero-order chi connectivity index (χ0) is 17.4. The van der Waals surface area contributed by atoms with Crippen LogP contribution in [0.4, 0.5) is 10.1 Å². The molecule has 0 aliphatic carbocycles. The molecular weight excluding hydrogens is 378 g/mol. The van der Waals surface area contributed by atoms with Crippen molar-refractivity contribution < 1.29 is 19.4 Å². The number of nitrogens with zero attached hydrogens (tertiary/aromatic N) is 2. The van der Waals surface area contributed by atoms with Crippen LogP contribution in [-0.2, 0) is 4.79 Å². The normalized spacial score (nSPS) is 16.3. The van der Waals surface area contributed by atoms with Gasteiger partial charge in [-0.1, -0.05) is 0 Å². The van der Waals surface area contributed by atoms with Crippen LogP contribution in [0.5, 0.6) is 11.5 Å². The number of carbonyl (C=O) groups is 1. The minimum atomic E-state index is -0.379. The van der Waals surface area contributed by atoms with E-state index in [9.17, 15) is 19.4 Å². The number of phenols is 2. The summed E-state index contributed by atoms with van der Waals surface area (Å²) in [6.45, 7) is 0. The van der Waals surface area contributed by atoms with Crippen molar-refractivity contribution in [2.24, 2.45) is 0 Å². The van der Waals surface area contributed by atoms with Crippen molar-refractivity contribution in [3.63, 3.8) is 0 Å². The summed E-state index contributed by atoms with van der Waals surface area (Å²) in [5.74, 6) is -1.16. The molecule has 5 nitrogen and oxygen atoms in total. The van der Waals surface area contributed by atoms with E-state index in [4.69, 9.17) is 0 Å². The average Bonchev–Trinajstić information content (AvgIpc) is 2.76. The summed E-state index contributed by atoms with van der Waals surface area (Å²) in [5, 5.41) is 18.9. The van der Waals surface area contributed by atoms with Gasteiger partial charge in [-0.05, 0) is 0 Å². The molecule has 1 fully saturated rings. The van der Waals surface area contributed by atoms with Crippen molar-refractivity contribution in [3.05, 3.63) is 59.5 Å². The van der Waals surface area contributed by atoms with E-state index in [1.807, 2.05) is 0 Å². The van der Waals surface area contributed by atoms with Gasteiger partial charge in [0.2, 0.25) is 0 Å². The Kier molecular flexibility index (Phi) is 4.13. The molecule has 0 atom stereocenters. The standard InChI is InChI=1S/C17H13FN2O3Se/c1-19-13(8-10-2-7-14(21)15(22)9-10)16(23)20(17(19)24)12-5-3-11(18)4-6-12/h2-9,21-22H,1H3. The van der Waals surface area contributed by atoms with Crippen LogP contribution in [0, 0.1) is 5.82 Å². The van der Waals surface area contributed by atoms with E-state index in [2.05, 4.69) is 15.6 Å². The first-order valence-corrected chi connectivity index (χ1v) is 7.85. The van der Waals surface area contributed by atoms with Crippen molar-refractivity contribution in [1.82, 2.24) is 4.90 Å². The van der Waals surface area contributed by atoms with Crippen LogP contribution in [0.15, 0.2) is 48.2 Å². The summed E-state index contributed by atoms with van der Waals surface area (Å²) in [6, 6.07) is 9.92. The van der Waals surface area contributed by atoms with Crippen molar-refractivity contribution in [2.45, 2.75) is 0 Å². The Hall–Kier alpha value is -2.63. The van der Waals surface area contributed by atoms with Crippen LogP contribution in [-0.4, -0.2) is 48.3 Å². The number of anilines is 1. The Balaban J connectivity index is 1.99. The number of hydrogen-bond acceptors (Lipinski definition) is 4. The molecule has 1 heterocycles. The third kappa shape index (κ3) is 2.79. The number of phenolic OH excluding ortho intramolecular Hbond substituents is 2. The van der Waals surface area contributed by atoms with Crippen LogP contribution in [0.25, 0.3) is 6.08 Å². The Morgan fingerprint density at radius 2 is 1.75 bits per heavy atom. The van der Waals surface area contributed by atoms with Crippen molar-refractivity contribution >= 4 is 37.9 Å². The van der Waals surface area contributed by atoms with Gasteiger partial charge in [0.25, 0.3) is 0 Å². The molecule has 0 spiro atoms. The molecule has 2 N–H and O–H groups in total. The molecule has 0 aromatic heterocycles. The summed E-state index contributed by atoms with van der Waals surface area (Å²) in [4.78, 5) is 15.8. The number of carbonyl (C=O) groups excluding carboxylic acids is 1. The number of likely N-dealkylation sites (N-methyl/N-ethyl adjacent to an activating group) is 1. The van der Waals surface area contributed by atoms with Crippen LogP contribution < -0.4 is 4.90 Å². The fourth-order valence-corrected chi connectivity index (χ4v) is 2.96. The molecule has 0 radical (unpaired) electrons. The van der Waals surface area contributed by atoms with Gasteiger partial charge in [0.05, 0.1) is 0 Å². The minimum absolute atomic E-state index is 0.229. The van der Waals surface area contributed by atoms with E-state index in [1.54, 1.807) is 24.1 Å². The van der Waals surface area contributed by atoms with Gasteiger partial charge < -0.3 is 0 Å². The van der Waals surface area contributed by atoms with Gasteiger partial charge in [-0.15, -0.1) is 0 Å². The summed E-state index contributed by atoms with van der Waals surface area (Å²) >= 11 is 2.84. The molecule has 1 amide bonds. The number of halogens is 1. The van der Waals surface area contributed by atoms with E-state index in [0.29, 0.717) is 21.6 Å². The van der Waals surface area contributed by atoms with Crippen molar-refractivity contribution in [3.8, 4) is 11.5 Å². The van der Waals surface area contributed by atoms with E-state index in [1.165, 1.54) is 41.3 Å².